The van der Waals surface area contributed by atoms with Gasteiger partial charge in [0, 0.05) is 36.5 Å². The third kappa shape index (κ3) is 4.14. The van der Waals surface area contributed by atoms with Crippen LogP contribution in [0.2, 0.25) is 0 Å². The molecule has 1 amide bonds. The number of alkyl halides is 3. The van der Waals surface area contributed by atoms with Crippen molar-refractivity contribution in [1.29, 1.82) is 0 Å². The highest BCUT2D eigenvalue weighted by Crippen LogP contribution is 2.33. The maximum Gasteiger partial charge on any atom is 0.449 e. The van der Waals surface area contributed by atoms with E-state index in [1.807, 2.05) is 0 Å². The molecule has 0 radical (unpaired) electrons. The molecule has 5 nitrogen and oxygen atoms in total. The van der Waals surface area contributed by atoms with Crippen LogP contribution in [0.4, 0.5) is 13.2 Å². The molecule has 3 aromatic rings. The topological polar surface area (TPSA) is 51.0 Å². The highest BCUT2D eigenvalue weighted by Gasteiger charge is 2.38. The number of hydrogen-bond acceptors (Lipinski definition) is 3. The Balaban J connectivity index is 1.48. The number of carbonyl (C=O) groups is 1. The van der Waals surface area contributed by atoms with Crippen molar-refractivity contribution >= 4 is 32.9 Å². The first-order valence-corrected chi connectivity index (χ1v) is 10.0. The summed E-state index contributed by atoms with van der Waals surface area (Å²) in [7, 11) is 0. The molecule has 0 atom stereocenters. The van der Waals surface area contributed by atoms with Gasteiger partial charge >= 0.3 is 6.18 Å². The molecule has 0 spiro atoms. The molecule has 152 valence electrons. The van der Waals surface area contributed by atoms with Crippen LogP contribution >= 0.6 is 15.9 Å². The van der Waals surface area contributed by atoms with E-state index in [2.05, 4.69) is 25.9 Å². The largest absolute Gasteiger partial charge is 0.449 e. The van der Waals surface area contributed by atoms with E-state index in [1.165, 1.54) is 10.8 Å². The molecular weight excluding hydrogens is 449 g/mol. The number of imidazole rings is 1. The van der Waals surface area contributed by atoms with Gasteiger partial charge in [-0.25, -0.2) is 4.98 Å². The van der Waals surface area contributed by atoms with Gasteiger partial charge in [0.2, 0.25) is 5.82 Å². The molecule has 1 aliphatic heterocycles. The van der Waals surface area contributed by atoms with Crippen LogP contribution in [0.15, 0.2) is 47.2 Å². The Bertz CT molecular complexity index is 1040. The Kier molecular flexibility index (Phi) is 5.33. The zero-order chi connectivity index (χ0) is 20.6. The van der Waals surface area contributed by atoms with Crippen LogP contribution in [0, 0.1) is 5.92 Å². The second-order valence-corrected chi connectivity index (χ2v) is 8.08. The van der Waals surface area contributed by atoms with Crippen LogP contribution in [-0.2, 0) is 12.7 Å². The van der Waals surface area contributed by atoms with Crippen LogP contribution < -0.4 is 0 Å². The van der Waals surface area contributed by atoms with E-state index in [0.717, 1.165) is 4.47 Å². The highest BCUT2D eigenvalue weighted by molar-refractivity contribution is 9.10. The summed E-state index contributed by atoms with van der Waals surface area (Å²) in [5, 5.41) is 0. The number of likely N-dealkylation sites (tertiary alicyclic amines) is 1. The number of amides is 1. The fraction of sp³-hybridized carbons (Fsp3) is 0.350. The number of aromatic nitrogens is 3. The number of nitrogens with zero attached hydrogens (tertiary/aromatic N) is 4. The van der Waals surface area contributed by atoms with Crippen molar-refractivity contribution < 1.29 is 18.0 Å². The van der Waals surface area contributed by atoms with Gasteiger partial charge in [0.25, 0.3) is 5.91 Å². The summed E-state index contributed by atoms with van der Waals surface area (Å²) in [5.74, 6) is -0.933. The Morgan fingerprint density at radius 1 is 1.17 bits per heavy atom. The number of carbonyl (C=O) groups excluding carboxylic acids is 1. The summed E-state index contributed by atoms with van der Waals surface area (Å²) in [5.41, 5.74) is 1.32. The number of rotatable bonds is 3. The third-order valence-electron chi connectivity index (χ3n) is 5.20. The predicted molar refractivity (Wildman–Crippen MR) is 105 cm³/mol. The molecule has 4 rings (SSSR count). The van der Waals surface area contributed by atoms with Gasteiger partial charge < -0.3 is 9.47 Å². The molecular formula is C20H18BrF3N4O. The molecule has 0 N–H and O–H groups in total. The van der Waals surface area contributed by atoms with E-state index in [4.69, 9.17) is 0 Å². The normalized spacial score (nSPS) is 15.8. The van der Waals surface area contributed by atoms with Crippen molar-refractivity contribution in [2.45, 2.75) is 25.6 Å². The van der Waals surface area contributed by atoms with Gasteiger partial charge in [-0.1, -0.05) is 12.1 Å². The van der Waals surface area contributed by atoms with E-state index in [1.54, 1.807) is 41.4 Å². The summed E-state index contributed by atoms with van der Waals surface area (Å²) >= 11 is 3.31. The van der Waals surface area contributed by atoms with Crippen molar-refractivity contribution in [2.24, 2.45) is 5.92 Å². The molecule has 1 saturated heterocycles. The lowest BCUT2D eigenvalue weighted by Gasteiger charge is -2.32. The summed E-state index contributed by atoms with van der Waals surface area (Å²) in [6.45, 7) is 1.24. The lowest BCUT2D eigenvalue weighted by molar-refractivity contribution is -0.147. The van der Waals surface area contributed by atoms with E-state index < -0.39 is 12.0 Å². The molecule has 0 unspecified atom stereocenters. The minimum Gasteiger partial charge on any atom is -0.339 e. The second kappa shape index (κ2) is 7.78. The zero-order valence-corrected chi connectivity index (χ0v) is 16.9. The minimum atomic E-state index is -4.51. The molecule has 2 aromatic heterocycles. The van der Waals surface area contributed by atoms with Gasteiger partial charge in [-0.2, -0.15) is 13.2 Å². The van der Waals surface area contributed by atoms with Crippen LogP contribution in [-0.4, -0.2) is 38.4 Å². The highest BCUT2D eigenvalue weighted by atomic mass is 79.9. The van der Waals surface area contributed by atoms with Crippen molar-refractivity contribution in [1.82, 2.24) is 19.4 Å². The lowest BCUT2D eigenvalue weighted by atomic mass is 9.96. The number of hydrogen-bond donors (Lipinski definition) is 0. The van der Waals surface area contributed by atoms with Crippen molar-refractivity contribution in [3.8, 4) is 0 Å². The molecule has 0 bridgehead atoms. The molecule has 1 aromatic carbocycles. The van der Waals surface area contributed by atoms with Gasteiger partial charge in [-0.05, 0) is 52.9 Å². The van der Waals surface area contributed by atoms with Crippen LogP contribution in [0.5, 0.6) is 0 Å². The number of halogens is 4. The summed E-state index contributed by atoms with van der Waals surface area (Å²) < 4.78 is 42.4. The van der Waals surface area contributed by atoms with Gasteiger partial charge in [0.15, 0.2) is 0 Å². The van der Waals surface area contributed by atoms with Crippen LogP contribution in [0.1, 0.15) is 29.0 Å². The molecule has 0 saturated carbocycles. The van der Waals surface area contributed by atoms with Gasteiger partial charge in [0.1, 0.15) is 0 Å². The standard InChI is InChI=1S/C20H18BrF3N4O/c21-15-9-14(10-25-11-15)18(29)27-7-5-13(6-8-27)12-28-17-4-2-1-3-16(17)26-19(28)20(22,23)24/h1-4,9-11,13H,5-8,12H2. The first kappa shape index (κ1) is 19.9. The Labute approximate surface area is 173 Å². The van der Waals surface area contributed by atoms with E-state index in [-0.39, 0.29) is 18.4 Å². The lowest BCUT2D eigenvalue weighted by Crippen LogP contribution is -2.39. The van der Waals surface area contributed by atoms with Crippen LogP contribution in [0.25, 0.3) is 11.0 Å². The fourth-order valence-electron chi connectivity index (χ4n) is 3.76. The Hall–Kier alpha value is -2.42. The van der Waals surface area contributed by atoms with E-state index in [9.17, 15) is 18.0 Å². The second-order valence-electron chi connectivity index (χ2n) is 7.16. The monoisotopic (exact) mass is 466 g/mol. The van der Waals surface area contributed by atoms with E-state index in [0.29, 0.717) is 42.5 Å². The SMILES string of the molecule is O=C(c1cncc(Br)c1)N1CCC(Cn2c(C(F)(F)F)nc3ccccc32)CC1. The predicted octanol–water partition coefficient (Wildman–Crippen LogP) is 4.77. The maximum atomic E-state index is 13.5. The van der Waals surface area contributed by atoms with Crippen molar-refractivity contribution in [2.75, 3.05) is 13.1 Å². The first-order valence-electron chi connectivity index (χ1n) is 9.25. The third-order valence-corrected chi connectivity index (χ3v) is 5.64. The first-order chi connectivity index (χ1) is 13.8. The maximum absolute atomic E-state index is 13.5. The summed E-state index contributed by atoms with van der Waals surface area (Å²) in [6, 6.07) is 8.37. The summed E-state index contributed by atoms with van der Waals surface area (Å²) in [6.07, 6.45) is -0.111. The smallest absolute Gasteiger partial charge is 0.339 e. The molecule has 1 aliphatic rings. The number of benzene rings is 1. The Morgan fingerprint density at radius 2 is 1.90 bits per heavy atom. The van der Waals surface area contributed by atoms with Crippen LogP contribution in [0.3, 0.4) is 0 Å². The molecule has 9 heteroatoms. The Morgan fingerprint density at radius 3 is 2.59 bits per heavy atom. The average molecular weight is 467 g/mol. The van der Waals surface area contributed by atoms with E-state index >= 15 is 0 Å². The quantitative estimate of drug-likeness (QED) is 0.558. The van der Waals surface area contributed by atoms with Crippen molar-refractivity contribution in [3.05, 3.63) is 58.6 Å². The minimum absolute atomic E-state index is 0.0402. The average Bonchev–Trinajstić information content (AvgIpc) is 3.07. The fourth-order valence-corrected chi connectivity index (χ4v) is 4.13. The van der Waals surface area contributed by atoms with Gasteiger partial charge in [0.05, 0.1) is 16.6 Å². The number of pyridine rings is 1. The van der Waals surface area contributed by atoms with Gasteiger partial charge in [-0.15, -0.1) is 0 Å². The molecule has 1 fully saturated rings. The summed E-state index contributed by atoms with van der Waals surface area (Å²) in [4.78, 5) is 22.2. The van der Waals surface area contributed by atoms with Gasteiger partial charge in [-0.3, -0.25) is 9.78 Å². The van der Waals surface area contributed by atoms with Crippen molar-refractivity contribution in [3.63, 3.8) is 0 Å². The number of piperidine rings is 1. The zero-order valence-electron chi connectivity index (χ0n) is 15.4. The number of para-hydroxylation sites is 2. The molecule has 29 heavy (non-hydrogen) atoms. The molecule has 3 heterocycles. The number of fused-ring (bicyclic) bond motifs is 1. The molecule has 0 aliphatic carbocycles.